The van der Waals surface area contributed by atoms with Gasteiger partial charge in [0.05, 0.1) is 11.9 Å². The number of alkyl halides is 3. The molecule has 0 bridgehead atoms. The molecule has 1 aromatic rings. The first-order valence-electron chi connectivity index (χ1n) is 3.57. The van der Waals surface area contributed by atoms with Crippen LogP contribution in [0, 0.1) is 6.92 Å². The number of hydrogen-bond donors (Lipinski definition) is 0. The molecule has 0 aliphatic rings. The van der Waals surface area contributed by atoms with Gasteiger partial charge in [0.15, 0.2) is 11.8 Å². The quantitative estimate of drug-likeness (QED) is 0.777. The Morgan fingerprint density at radius 2 is 2.14 bits per heavy atom. The second kappa shape index (κ2) is 4.00. The van der Waals surface area contributed by atoms with Crippen molar-refractivity contribution in [3.8, 4) is 5.88 Å². The Kier molecular flexibility index (Phi) is 3.15. The standard InChI is InChI=1S/C7H6ClF3N2O/c1-4-2-12-5(8)6(13-4)14-3-7(9,10)11/h2H,3H2,1H3. The molecule has 0 saturated carbocycles. The summed E-state index contributed by atoms with van der Waals surface area (Å²) >= 11 is 5.46. The number of aromatic nitrogens is 2. The van der Waals surface area contributed by atoms with Crippen LogP contribution < -0.4 is 4.74 Å². The third-order valence-electron chi connectivity index (χ3n) is 1.19. The van der Waals surface area contributed by atoms with Gasteiger partial charge in [0.2, 0.25) is 0 Å². The van der Waals surface area contributed by atoms with Gasteiger partial charge < -0.3 is 4.74 Å². The van der Waals surface area contributed by atoms with E-state index in [4.69, 9.17) is 11.6 Å². The van der Waals surface area contributed by atoms with Gasteiger partial charge >= 0.3 is 6.18 Å². The van der Waals surface area contributed by atoms with Crippen molar-refractivity contribution < 1.29 is 17.9 Å². The summed E-state index contributed by atoms with van der Waals surface area (Å²) in [6.07, 6.45) is -3.07. The Morgan fingerprint density at radius 1 is 1.50 bits per heavy atom. The zero-order valence-corrected chi connectivity index (χ0v) is 7.85. The van der Waals surface area contributed by atoms with Gasteiger partial charge in [-0.05, 0) is 6.92 Å². The van der Waals surface area contributed by atoms with Crippen LogP contribution in [0.5, 0.6) is 5.88 Å². The van der Waals surface area contributed by atoms with Crippen LogP contribution in [-0.2, 0) is 0 Å². The maximum absolute atomic E-state index is 11.8. The van der Waals surface area contributed by atoms with E-state index >= 15 is 0 Å². The second-order valence-electron chi connectivity index (χ2n) is 2.51. The molecule has 1 rings (SSSR count). The molecule has 1 heterocycles. The van der Waals surface area contributed by atoms with E-state index in [9.17, 15) is 13.2 Å². The third-order valence-corrected chi connectivity index (χ3v) is 1.45. The van der Waals surface area contributed by atoms with Crippen molar-refractivity contribution in [1.29, 1.82) is 0 Å². The van der Waals surface area contributed by atoms with Crippen LogP contribution in [0.1, 0.15) is 5.69 Å². The average Bonchev–Trinajstić information content (AvgIpc) is 2.05. The summed E-state index contributed by atoms with van der Waals surface area (Å²) in [5, 5.41) is -0.181. The number of hydrogen-bond acceptors (Lipinski definition) is 3. The molecule has 0 aliphatic carbocycles. The molecule has 78 valence electrons. The van der Waals surface area contributed by atoms with Crippen molar-refractivity contribution in [2.24, 2.45) is 0 Å². The van der Waals surface area contributed by atoms with Gasteiger partial charge in [0.1, 0.15) is 0 Å². The summed E-state index contributed by atoms with van der Waals surface area (Å²) in [6, 6.07) is 0. The number of halogens is 4. The number of rotatable bonds is 2. The highest BCUT2D eigenvalue weighted by atomic mass is 35.5. The first-order chi connectivity index (χ1) is 6.38. The van der Waals surface area contributed by atoms with Crippen molar-refractivity contribution >= 4 is 11.6 Å². The predicted molar refractivity (Wildman–Crippen MR) is 43.3 cm³/mol. The van der Waals surface area contributed by atoms with Gasteiger partial charge in [-0.2, -0.15) is 13.2 Å². The van der Waals surface area contributed by atoms with Gasteiger partial charge in [-0.1, -0.05) is 11.6 Å². The van der Waals surface area contributed by atoms with Crippen LogP contribution >= 0.6 is 11.6 Å². The van der Waals surface area contributed by atoms with Crippen molar-refractivity contribution in [3.05, 3.63) is 17.0 Å². The maximum atomic E-state index is 11.8. The summed E-state index contributed by atoms with van der Waals surface area (Å²) in [5.74, 6) is -0.302. The SMILES string of the molecule is Cc1cnc(Cl)c(OCC(F)(F)F)n1. The summed E-state index contributed by atoms with van der Waals surface area (Å²) in [6.45, 7) is 0.147. The van der Waals surface area contributed by atoms with E-state index in [1.807, 2.05) is 0 Å². The van der Waals surface area contributed by atoms with Crippen LogP contribution in [-0.4, -0.2) is 22.8 Å². The summed E-state index contributed by atoms with van der Waals surface area (Å²) in [5.41, 5.74) is 0.437. The number of ether oxygens (including phenoxy) is 1. The van der Waals surface area contributed by atoms with Crippen LogP contribution in [0.15, 0.2) is 6.20 Å². The Hall–Kier alpha value is -1.04. The van der Waals surface area contributed by atoms with E-state index in [1.54, 1.807) is 6.92 Å². The summed E-state index contributed by atoms with van der Waals surface area (Å²) in [4.78, 5) is 7.25. The lowest BCUT2D eigenvalue weighted by Crippen LogP contribution is -2.20. The molecule has 0 spiro atoms. The molecule has 3 nitrogen and oxygen atoms in total. The molecule has 7 heteroatoms. The van der Waals surface area contributed by atoms with Gasteiger partial charge in [-0.3, -0.25) is 0 Å². The first kappa shape index (κ1) is 11.0. The van der Waals surface area contributed by atoms with E-state index in [1.165, 1.54) is 6.20 Å². The molecule has 0 radical (unpaired) electrons. The topological polar surface area (TPSA) is 35.0 Å². The van der Waals surface area contributed by atoms with E-state index in [0.29, 0.717) is 5.69 Å². The lowest BCUT2D eigenvalue weighted by Gasteiger charge is -2.08. The molecular formula is C7H6ClF3N2O. The molecule has 0 saturated heterocycles. The summed E-state index contributed by atoms with van der Waals surface area (Å²) in [7, 11) is 0. The fourth-order valence-electron chi connectivity index (χ4n) is 0.682. The zero-order chi connectivity index (χ0) is 10.8. The maximum Gasteiger partial charge on any atom is 0.422 e. The molecular weight excluding hydrogens is 221 g/mol. The largest absolute Gasteiger partial charge is 0.466 e. The molecule has 1 aromatic heterocycles. The molecule has 0 unspecified atom stereocenters. The highest BCUT2D eigenvalue weighted by molar-refractivity contribution is 6.30. The summed E-state index contributed by atoms with van der Waals surface area (Å²) < 4.78 is 39.6. The number of nitrogens with zero attached hydrogens (tertiary/aromatic N) is 2. The molecule has 14 heavy (non-hydrogen) atoms. The van der Waals surface area contributed by atoms with E-state index in [2.05, 4.69) is 14.7 Å². The Balaban J connectivity index is 2.72. The molecule has 0 atom stereocenters. The van der Waals surface area contributed by atoms with Gasteiger partial charge in [-0.15, -0.1) is 0 Å². The highest BCUT2D eigenvalue weighted by Crippen LogP contribution is 2.22. The molecule has 0 fully saturated rings. The predicted octanol–water partition coefficient (Wildman–Crippen LogP) is 2.38. The Labute approximate surface area is 82.9 Å². The van der Waals surface area contributed by atoms with Gasteiger partial charge in [0.25, 0.3) is 5.88 Å². The first-order valence-corrected chi connectivity index (χ1v) is 3.95. The third kappa shape index (κ3) is 3.37. The monoisotopic (exact) mass is 226 g/mol. The van der Waals surface area contributed by atoms with Crippen molar-refractivity contribution in [3.63, 3.8) is 0 Å². The van der Waals surface area contributed by atoms with Crippen LogP contribution in [0.2, 0.25) is 5.15 Å². The van der Waals surface area contributed by atoms with Crippen molar-refractivity contribution in [2.45, 2.75) is 13.1 Å². The average molecular weight is 227 g/mol. The highest BCUT2D eigenvalue weighted by Gasteiger charge is 2.29. The minimum Gasteiger partial charge on any atom is -0.466 e. The van der Waals surface area contributed by atoms with Crippen molar-refractivity contribution in [1.82, 2.24) is 9.97 Å². The smallest absolute Gasteiger partial charge is 0.422 e. The van der Waals surface area contributed by atoms with Gasteiger partial charge in [-0.25, -0.2) is 9.97 Å². The molecule has 0 N–H and O–H groups in total. The fraction of sp³-hybridized carbons (Fsp3) is 0.429. The lowest BCUT2D eigenvalue weighted by molar-refractivity contribution is -0.154. The van der Waals surface area contributed by atoms with E-state index in [0.717, 1.165) is 0 Å². The second-order valence-corrected chi connectivity index (χ2v) is 2.87. The van der Waals surface area contributed by atoms with Crippen LogP contribution in [0.4, 0.5) is 13.2 Å². The molecule has 0 amide bonds. The van der Waals surface area contributed by atoms with Gasteiger partial charge in [0, 0.05) is 0 Å². The minimum atomic E-state index is -4.41. The van der Waals surface area contributed by atoms with Crippen molar-refractivity contribution in [2.75, 3.05) is 6.61 Å². The zero-order valence-electron chi connectivity index (χ0n) is 7.10. The fourth-order valence-corrected chi connectivity index (χ4v) is 0.828. The molecule has 0 aliphatic heterocycles. The van der Waals surface area contributed by atoms with E-state index in [-0.39, 0.29) is 11.0 Å². The van der Waals surface area contributed by atoms with E-state index < -0.39 is 12.8 Å². The Morgan fingerprint density at radius 3 is 2.71 bits per heavy atom. The number of aryl methyl sites for hydroxylation is 1. The van der Waals surface area contributed by atoms with Crippen LogP contribution in [0.25, 0.3) is 0 Å². The normalized spacial score (nSPS) is 11.5. The lowest BCUT2D eigenvalue weighted by atomic mass is 10.5. The Bertz CT molecular complexity index is 329. The minimum absolute atomic E-state index is 0.181. The molecule has 0 aromatic carbocycles. The van der Waals surface area contributed by atoms with Crippen LogP contribution in [0.3, 0.4) is 0 Å².